The van der Waals surface area contributed by atoms with Gasteiger partial charge in [-0.1, -0.05) is 11.2 Å². The summed E-state index contributed by atoms with van der Waals surface area (Å²) in [6, 6.07) is 4.68. The molecule has 0 spiro atoms. The maximum absolute atomic E-state index is 5.51. The lowest BCUT2D eigenvalue weighted by Gasteiger charge is -2.36. The van der Waals surface area contributed by atoms with Crippen LogP contribution in [0.3, 0.4) is 0 Å². The number of nitrogens with two attached hydrogens (primary N) is 1. The van der Waals surface area contributed by atoms with Crippen molar-refractivity contribution in [3.05, 3.63) is 34.1 Å². The van der Waals surface area contributed by atoms with Crippen molar-refractivity contribution in [1.29, 1.82) is 0 Å². The third-order valence-electron chi connectivity index (χ3n) is 3.94. The Kier molecular flexibility index (Phi) is 9.88. The fourth-order valence-corrected chi connectivity index (χ4v) is 3.65. The van der Waals surface area contributed by atoms with Crippen LogP contribution in [-0.2, 0) is 17.8 Å². The van der Waals surface area contributed by atoms with Crippen LogP contribution in [0.15, 0.2) is 22.0 Å². The maximum Gasteiger partial charge on any atom is 0.240 e. The molecule has 1 aliphatic rings. The Labute approximate surface area is 164 Å². The lowest BCUT2D eigenvalue weighted by molar-refractivity contribution is 0.00946. The van der Waals surface area contributed by atoms with E-state index in [4.69, 9.17) is 15.0 Å². The second kappa shape index (κ2) is 11.1. The van der Waals surface area contributed by atoms with Crippen molar-refractivity contribution >= 4 is 36.2 Å². The van der Waals surface area contributed by atoms with Gasteiger partial charge < -0.3 is 15.0 Å². The van der Waals surface area contributed by atoms with Crippen molar-refractivity contribution in [2.45, 2.75) is 19.1 Å². The van der Waals surface area contributed by atoms with Crippen molar-refractivity contribution in [3.63, 3.8) is 0 Å². The van der Waals surface area contributed by atoms with Crippen LogP contribution in [0.4, 0.5) is 0 Å². The van der Waals surface area contributed by atoms with Gasteiger partial charge in [0.2, 0.25) is 5.89 Å². The van der Waals surface area contributed by atoms with Gasteiger partial charge in [0.05, 0.1) is 32.3 Å². The molecule has 142 valence electrons. The summed E-state index contributed by atoms with van der Waals surface area (Å²) in [6.45, 7) is 5.38. The average Bonchev–Trinajstić information content (AvgIpc) is 3.25. The van der Waals surface area contributed by atoms with Gasteiger partial charge in [-0.05, 0) is 18.5 Å². The van der Waals surface area contributed by atoms with Gasteiger partial charge in [0.1, 0.15) is 0 Å². The molecule has 0 amide bonds. The quantitative estimate of drug-likeness (QED) is 0.747. The van der Waals surface area contributed by atoms with E-state index in [1.54, 1.807) is 11.3 Å². The van der Waals surface area contributed by atoms with Gasteiger partial charge in [-0.3, -0.25) is 9.80 Å². The molecule has 0 radical (unpaired) electrons. The molecule has 2 N–H and O–H groups in total. The second-order valence-electron chi connectivity index (χ2n) is 5.68. The van der Waals surface area contributed by atoms with E-state index in [-0.39, 0.29) is 31.4 Å². The monoisotopic (exact) mass is 409 g/mol. The highest BCUT2D eigenvalue weighted by Gasteiger charge is 2.25. The summed E-state index contributed by atoms with van der Waals surface area (Å²) in [5.74, 6) is 1.16. The first-order chi connectivity index (χ1) is 11.3. The van der Waals surface area contributed by atoms with E-state index in [1.807, 2.05) is 0 Å². The Bertz CT molecular complexity index is 593. The van der Waals surface area contributed by atoms with Gasteiger partial charge in [0.15, 0.2) is 5.82 Å². The number of hydrogen-bond acceptors (Lipinski definition) is 8. The molecule has 0 aromatic carbocycles. The summed E-state index contributed by atoms with van der Waals surface area (Å²) in [5.41, 5.74) is 5.51. The first-order valence-corrected chi connectivity index (χ1v) is 8.69. The van der Waals surface area contributed by atoms with E-state index in [0.717, 1.165) is 32.8 Å². The fraction of sp³-hybridized carbons (Fsp3) is 0.600. The number of ether oxygens (including phenoxy) is 1. The molecule has 7 nitrogen and oxygen atoms in total. The van der Waals surface area contributed by atoms with Gasteiger partial charge in [-0.15, -0.1) is 36.2 Å². The molecule has 25 heavy (non-hydrogen) atoms. The molecule has 0 saturated carbocycles. The molecule has 2 aromatic rings. The van der Waals surface area contributed by atoms with Gasteiger partial charge >= 0.3 is 0 Å². The number of aromatic nitrogens is 2. The van der Waals surface area contributed by atoms with Crippen molar-refractivity contribution in [3.8, 4) is 0 Å². The molecular weight excluding hydrogens is 385 g/mol. The number of hydrogen-bond donors (Lipinski definition) is 1. The van der Waals surface area contributed by atoms with Crippen LogP contribution in [0.5, 0.6) is 0 Å². The third kappa shape index (κ3) is 6.18. The summed E-state index contributed by atoms with van der Waals surface area (Å²) in [4.78, 5) is 10.4. The maximum atomic E-state index is 5.51. The van der Waals surface area contributed by atoms with E-state index in [2.05, 4.69) is 44.5 Å². The molecular formula is C15H25Cl2N5O2S. The molecule has 1 aliphatic heterocycles. The van der Waals surface area contributed by atoms with Crippen LogP contribution in [0, 0.1) is 0 Å². The standard InChI is InChI=1S/C15H23N5O2S.2ClH/c1-19(11-14-17-15(9-16)22-18-14)10-12(13-3-2-8-23-13)20-4-6-21-7-5-20;;/h2-3,8,12H,4-7,9-11,16H2,1H3;2*1H. The second-order valence-corrected chi connectivity index (χ2v) is 6.66. The Morgan fingerprint density at radius 1 is 1.36 bits per heavy atom. The highest BCUT2D eigenvalue weighted by Crippen LogP contribution is 2.27. The van der Waals surface area contributed by atoms with E-state index in [1.165, 1.54) is 4.88 Å². The summed E-state index contributed by atoms with van der Waals surface area (Å²) >= 11 is 1.81. The molecule has 10 heteroatoms. The zero-order chi connectivity index (χ0) is 16.1. The first kappa shape index (κ1) is 22.3. The molecule has 1 atom stereocenters. The highest BCUT2D eigenvalue weighted by atomic mass is 35.5. The van der Waals surface area contributed by atoms with Crippen LogP contribution in [-0.4, -0.2) is 59.8 Å². The van der Waals surface area contributed by atoms with E-state index < -0.39 is 0 Å². The summed E-state index contributed by atoms with van der Waals surface area (Å²) in [6.07, 6.45) is 0. The smallest absolute Gasteiger partial charge is 0.240 e. The van der Waals surface area contributed by atoms with Gasteiger partial charge in [-0.25, -0.2) is 0 Å². The van der Waals surface area contributed by atoms with E-state index in [9.17, 15) is 0 Å². The lowest BCUT2D eigenvalue weighted by Crippen LogP contribution is -2.42. The minimum atomic E-state index is 0. The minimum absolute atomic E-state index is 0. The van der Waals surface area contributed by atoms with Gasteiger partial charge in [-0.2, -0.15) is 4.98 Å². The molecule has 1 saturated heterocycles. The molecule has 1 unspecified atom stereocenters. The number of rotatable bonds is 7. The first-order valence-electron chi connectivity index (χ1n) is 7.81. The molecule has 2 aromatic heterocycles. The Balaban J connectivity index is 0.00000156. The van der Waals surface area contributed by atoms with Crippen LogP contribution in [0.2, 0.25) is 0 Å². The fourth-order valence-electron chi connectivity index (χ4n) is 2.79. The van der Waals surface area contributed by atoms with Crippen molar-refractivity contribution < 1.29 is 9.26 Å². The van der Waals surface area contributed by atoms with E-state index in [0.29, 0.717) is 24.3 Å². The molecule has 0 bridgehead atoms. The van der Waals surface area contributed by atoms with Crippen LogP contribution in [0.25, 0.3) is 0 Å². The van der Waals surface area contributed by atoms with Gasteiger partial charge in [0.25, 0.3) is 0 Å². The molecule has 0 aliphatic carbocycles. The van der Waals surface area contributed by atoms with Crippen molar-refractivity contribution in [2.24, 2.45) is 5.73 Å². The van der Waals surface area contributed by atoms with Crippen LogP contribution in [0.1, 0.15) is 22.6 Å². The van der Waals surface area contributed by atoms with E-state index >= 15 is 0 Å². The topological polar surface area (TPSA) is 80.7 Å². The normalized spacial score (nSPS) is 16.3. The summed E-state index contributed by atoms with van der Waals surface area (Å²) in [7, 11) is 2.08. The lowest BCUT2D eigenvalue weighted by atomic mass is 10.1. The number of likely N-dealkylation sites (N-methyl/N-ethyl adjacent to an activating group) is 1. The Morgan fingerprint density at radius 3 is 2.72 bits per heavy atom. The van der Waals surface area contributed by atoms with Crippen molar-refractivity contribution in [1.82, 2.24) is 19.9 Å². The van der Waals surface area contributed by atoms with Gasteiger partial charge in [0, 0.05) is 24.5 Å². The Hall–Kier alpha value is -0.740. The number of thiophene rings is 1. The molecule has 3 heterocycles. The Morgan fingerprint density at radius 2 is 2.12 bits per heavy atom. The largest absolute Gasteiger partial charge is 0.379 e. The minimum Gasteiger partial charge on any atom is -0.379 e. The summed E-state index contributed by atoms with van der Waals surface area (Å²) < 4.78 is 10.6. The average molecular weight is 410 g/mol. The predicted octanol–water partition coefficient (Wildman–Crippen LogP) is 1.94. The summed E-state index contributed by atoms with van der Waals surface area (Å²) in [5, 5.41) is 6.11. The zero-order valence-corrected chi connectivity index (χ0v) is 16.6. The van der Waals surface area contributed by atoms with Crippen LogP contribution < -0.4 is 5.73 Å². The molecule has 1 fully saturated rings. The number of halogens is 2. The number of nitrogens with zero attached hydrogens (tertiary/aromatic N) is 4. The van der Waals surface area contributed by atoms with Crippen LogP contribution >= 0.6 is 36.2 Å². The zero-order valence-electron chi connectivity index (χ0n) is 14.2. The predicted molar refractivity (Wildman–Crippen MR) is 102 cm³/mol. The highest BCUT2D eigenvalue weighted by molar-refractivity contribution is 7.10. The SMILES string of the molecule is CN(Cc1noc(CN)n1)CC(c1cccs1)N1CCOCC1.Cl.Cl. The molecule has 3 rings (SSSR count). The van der Waals surface area contributed by atoms with Crippen molar-refractivity contribution in [2.75, 3.05) is 39.9 Å². The number of morpholine rings is 1. The third-order valence-corrected chi connectivity index (χ3v) is 4.91.